The summed E-state index contributed by atoms with van der Waals surface area (Å²) in [6, 6.07) is 0. The highest BCUT2D eigenvalue weighted by Crippen LogP contribution is 2.27. The fourth-order valence-corrected chi connectivity index (χ4v) is 1.84. The predicted octanol–water partition coefficient (Wildman–Crippen LogP) is 1.74. The maximum Gasteiger partial charge on any atom is 0.0835 e. The summed E-state index contributed by atoms with van der Waals surface area (Å²) < 4.78 is 5.20. The van der Waals surface area contributed by atoms with Crippen LogP contribution in [0.4, 0.5) is 0 Å². The summed E-state index contributed by atoms with van der Waals surface area (Å²) in [4.78, 5) is 0. The summed E-state index contributed by atoms with van der Waals surface area (Å²) in [5, 5.41) is 9.51. The molecule has 1 rings (SSSR count). The van der Waals surface area contributed by atoms with Gasteiger partial charge in [-0.2, -0.15) is 0 Å². The van der Waals surface area contributed by atoms with E-state index in [2.05, 4.69) is 12.2 Å². The lowest BCUT2D eigenvalue weighted by Crippen LogP contribution is -2.34. The van der Waals surface area contributed by atoms with Crippen molar-refractivity contribution in [2.75, 3.05) is 7.11 Å². The zero-order valence-corrected chi connectivity index (χ0v) is 7.86. The van der Waals surface area contributed by atoms with Gasteiger partial charge in [0.2, 0.25) is 0 Å². The molecule has 0 saturated heterocycles. The second-order valence-corrected chi connectivity index (χ2v) is 3.44. The second-order valence-electron chi connectivity index (χ2n) is 3.44. The average Bonchev–Trinajstić information content (AvgIpc) is 2.09. The predicted molar refractivity (Wildman–Crippen MR) is 49.0 cm³/mol. The number of aliphatic hydroxyl groups is 1. The number of hydrogen-bond donors (Lipinski definition) is 1. The molecule has 0 aliphatic heterocycles. The molecule has 0 aromatic carbocycles. The standard InChI is InChI=1S/C10H18O2/c1-3-4-8-5-6-9(11)10(7-8)12-2/h3-4,8-11H,5-7H2,1-2H3/b4-3-/t8-,9+,10+/m1/s1. The molecule has 3 atom stereocenters. The van der Waals surface area contributed by atoms with E-state index in [1.165, 1.54) is 0 Å². The van der Waals surface area contributed by atoms with Gasteiger partial charge in [0.15, 0.2) is 0 Å². The van der Waals surface area contributed by atoms with Crippen molar-refractivity contribution >= 4 is 0 Å². The van der Waals surface area contributed by atoms with Crippen molar-refractivity contribution in [2.24, 2.45) is 5.92 Å². The summed E-state index contributed by atoms with van der Waals surface area (Å²) in [5.74, 6) is 0.600. The highest BCUT2D eigenvalue weighted by molar-refractivity contribution is 4.92. The van der Waals surface area contributed by atoms with Gasteiger partial charge in [-0.05, 0) is 32.1 Å². The van der Waals surface area contributed by atoms with E-state index in [1.54, 1.807) is 7.11 Å². The fraction of sp³-hybridized carbons (Fsp3) is 0.800. The first-order valence-corrected chi connectivity index (χ1v) is 4.61. The van der Waals surface area contributed by atoms with E-state index in [0.29, 0.717) is 5.92 Å². The largest absolute Gasteiger partial charge is 0.390 e. The van der Waals surface area contributed by atoms with Crippen molar-refractivity contribution in [3.8, 4) is 0 Å². The quantitative estimate of drug-likeness (QED) is 0.640. The molecule has 0 amide bonds. The molecule has 0 heterocycles. The topological polar surface area (TPSA) is 29.5 Å². The SMILES string of the molecule is C/C=C\[C@@H]1CC[C@H](O)[C@@H](OC)C1. The summed E-state index contributed by atoms with van der Waals surface area (Å²) in [6.45, 7) is 2.03. The zero-order chi connectivity index (χ0) is 8.97. The molecular formula is C10H18O2. The van der Waals surface area contributed by atoms with Crippen LogP contribution < -0.4 is 0 Å². The Morgan fingerprint density at radius 1 is 1.42 bits per heavy atom. The van der Waals surface area contributed by atoms with Crippen LogP contribution in [0.1, 0.15) is 26.2 Å². The summed E-state index contributed by atoms with van der Waals surface area (Å²) >= 11 is 0. The Hall–Kier alpha value is -0.340. The first kappa shape index (κ1) is 9.75. The molecule has 0 aromatic heterocycles. The number of hydrogen-bond acceptors (Lipinski definition) is 2. The van der Waals surface area contributed by atoms with E-state index in [4.69, 9.17) is 4.74 Å². The molecule has 0 aromatic rings. The minimum Gasteiger partial charge on any atom is -0.390 e. The lowest BCUT2D eigenvalue weighted by atomic mass is 9.85. The molecule has 0 radical (unpaired) electrons. The maximum absolute atomic E-state index is 9.51. The third kappa shape index (κ3) is 2.32. The second kappa shape index (κ2) is 4.63. The molecule has 0 spiro atoms. The van der Waals surface area contributed by atoms with Gasteiger partial charge in [-0.25, -0.2) is 0 Å². The van der Waals surface area contributed by atoms with Crippen molar-refractivity contribution in [1.29, 1.82) is 0 Å². The molecule has 12 heavy (non-hydrogen) atoms. The van der Waals surface area contributed by atoms with Crippen LogP contribution in [0.15, 0.2) is 12.2 Å². The van der Waals surface area contributed by atoms with Crippen LogP contribution in [0.25, 0.3) is 0 Å². The molecule has 70 valence electrons. The van der Waals surface area contributed by atoms with E-state index in [0.717, 1.165) is 19.3 Å². The smallest absolute Gasteiger partial charge is 0.0835 e. The van der Waals surface area contributed by atoms with E-state index in [9.17, 15) is 5.11 Å². The molecule has 2 nitrogen and oxygen atoms in total. The molecule has 1 fully saturated rings. The highest BCUT2D eigenvalue weighted by atomic mass is 16.5. The molecule has 0 unspecified atom stereocenters. The van der Waals surface area contributed by atoms with Crippen molar-refractivity contribution < 1.29 is 9.84 Å². The summed E-state index contributed by atoms with van der Waals surface area (Å²) in [6.07, 6.45) is 6.99. The van der Waals surface area contributed by atoms with E-state index < -0.39 is 0 Å². The van der Waals surface area contributed by atoms with Crippen LogP contribution in [0.2, 0.25) is 0 Å². The third-order valence-corrected chi connectivity index (χ3v) is 2.56. The van der Waals surface area contributed by atoms with Crippen molar-refractivity contribution in [3.05, 3.63) is 12.2 Å². The van der Waals surface area contributed by atoms with E-state index >= 15 is 0 Å². The van der Waals surface area contributed by atoms with E-state index in [-0.39, 0.29) is 12.2 Å². The number of methoxy groups -OCH3 is 1. The van der Waals surface area contributed by atoms with Gasteiger partial charge in [-0.15, -0.1) is 0 Å². The Morgan fingerprint density at radius 2 is 2.17 bits per heavy atom. The van der Waals surface area contributed by atoms with Crippen LogP contribution in [-0.2, 0) is 4.74 Å². The molecule has 1 aliphatic rings. The summed E-state index contributed by atoms with van der Waals surface area (Å²) in [5.41, 5.74) is 0. The molecule has 2 heteroatoms. The van der Waals surface area contributed by atoms with Crippen LogP contribution in [0.5, 0.6) is 0 Å². The summed E-state index contributed by atoms with van der Waals surface area (Å²) in [7, 11) is 1.67. The van der Waals surface area contributed by atoms with Gasteiger partial charge in [0.1, 0.15) is 0 Å². The van der Waals surface area contributed by atoms with Gasteiger partial charge in [0.25, 0.3) is 0 Å². The molecule has 1 aliphatic carbocycles. The van der Waals surface area contributed by atoms with Gasteiger partial charge in [0, 0.05) is 7.11 Å². The molecule has 1 saturated carbocycles. The van der Waals surface area contributed by atoms with Gasteiger partial charge in [-0.1, -0.05) is 12.2 Å². The molecular weight excluding hydrogens is 152 g/mol. The van der Waals surface area contributed by atoms with Crippen LogP contribution in [-0.4, -0.2) is 24.4 Å². The number of aliphatic hydroxyl groups excluding tert-OH is 1. The Balaban J connectivity index is 2.43. The van der Waals surface area contributed by atoms with Gasteiger partial charge in [-0.3, -0.25) is 0 Å². The van der Waals surface area contributed by atoms with Crippen molar-refractivity contribution in [2.45, 2.75) is 38.4 Å². The van der Waals surface area contributed by atoms with E-state index in [1.807, 2.05) is 6.92 Å². The number of ether oxygens (including phenoxy) is 1. The highest BCUT2D eigenvalue weighted by Gasteiger charge is 2.27. The molecule has 1 N–H and O–H groups in total. The molecule has 0 bridgehead atoms. The van der Waals surface area contributed by atoms with Crippen LogP contribution in [0.3, 0.4) is 0 Å². The lowest BCUT2D eigenvalue weighted by Gasteiger charge is -2.30. The first-order valence-electron chi connectivity index (χ1n) is 4.61. The Morgan fingerprint density at radius 3 is 2.75 bits per heavy atom. The minimum atomic E-state index is -0.253. The minimum absolute atomic E-state index is 0.0416. The third-order valence-electron chi connectivity index (χ3n) is 2.56. The Bertz CT molecular complexity index is 154. The average molecular weight is 170 g/mol. The van der Waals surface area contributed by atoms with Gasteiger partial charge < -0.3 is 9.84 Å². The number of allylic oxidation sites excluding steroid dienone is 2. The van der Waals surface area contributed by atoms with Crippen molar-refractivity contribution in [1.82, 2.24) is 0 Å². The fourth-order valence-electron chi connectivity index (χ4n) is 1.84. The lowest BCUT2D eigenvalue weighted by molar-refractivity contribution is -0.0449. The van der Waals surface area contributed by atoms with Gasteiger partial charge in [0.05, 0.1) is 12.2 Å². The van der Waals surface area contributed by atoms with Crippen LogP contribution >= 0.6 is 0 Å². The van der Waals surface area contributed by atoms with Gasteiger partial charge >= 0.3 is 0 Å². The first-order chi connectivity index (χ1) is 5.77. The maximum atomic E-state index is 9.51. The monoisotopic (exact) mass is 170 g/mol. The zero-order valence-electron chi connectivity index (χ0n) is 7.86. The number of rotatable bonds is 2. The Kier molecular flexibility index (Phi) is 3.76. The normalized spacial score (nSPS) is 37.4. The Labute approximate surface area is 74.2 Å². The van der Waals surface area contributed by atoms with Crippen molar-refractivity contribution in [3.63, 3.8) is 0 Å². The van der Waals surface area contributed by atoms with Crippen LogP contribution in [0, 0.1) is 5.92 Å².